The van der Waals surface area contributed by atoms with Crippen LogP contribution >= 0.6 is 0 Å². The van der Waals surface area contributed by atoms with Crippen LogP contribution in [0.2, 0.25) is 0 Å². The van der Waals surface area contributed by atoms with Gasteiger partial charge < -0.3 is 4.74 Å². The highest BCUT2D eigenvalue weighted by Gasteiger charge is 2.16. The van der Waals surface area contributed by atoms with Gasteiger partial charge in [0.25, 0.3) is 5.88 Å². The van der Waals surface area contributed by atoms with Gasteiger partial charge >= 0.3 is 6.15 Å². The molecule has 0 radical (unpaired) electrons. The Morgan fingerprint density at radius 2 is 1.82 bits per heavy atom. The second-order valence-electron chi connectivity index (χ2n) is 4.11. The molecule has 1 aromatic carbocycles. The Labute approximate surface area is 126 Å². The molecule has 1 N–H and O–H groups in total. The van der Waals surface area contributed by atoms with E-state index in [0.717, 1.165) is 5.56 Å². The molecule has 0 bridgehead atoms. The maximum Gasteiger partial charge on any atom is 0.373 e. The van der Waals surface area contributed by atoms with Gasteiger partial charge in [-0.3, -0.25) is 0 Å². The van der Waals surface area contributed by atoms with Crippen LogP contribution in [0, 0.1) is 0 Å². The van der Waals surface area contributed by atoms with E-state index in [1.54, 1.807) is 24.3 Å². The highest BCUT2D eigenvalue weighted by atomic mass is 32.2. The summed E-state index contributed by atoms with van der Waals surface area (Å²) < 4.78 is 30.2. The van der Waals surface area contributed by atoms with Crippen molar-refractivity contribution in [3.63, 3.8) is 0 Å². The van der Waals surface area contributed by atoms with Crippen molar-refractivity contribution in [1.82, 2.24) is 19.7 Å². The molecule has 0 unspecified atom stereocenters. The largest absolute Gasteiger partial charge is 0.471 e. The van der Waals surface area contributed by atoms with Gasteiger partial charge in [0, 0.05) is 14.1 Å². The van der Waals surface area contributed by atoms with Crippen LogP contribution in [0.25, 0.3) is 0 Å². The van der Waals surface area contributed by atoms with E-state index in [2.05, 4.69) is 15.4 Å². The van der Waals surface area contributed by atoms with Crippen LogP contribution in [0.3, 0.4) is 0 Å². The summed E-state index contributed by atoms with van der Waals surface area (Å²) in [4.78, 5) is 16.5. The molecule has 0 saturated heterocycles. The summed E-state index contributed by atoms with van der Waals surface area (Å²) in [7, 11) is -0.393. The van der Waals surface area contributed by atoms with Crippen molar-refractivity contribution in [2.45, 2.75) is 11.5 Å². The SMILES string of the molecule is CN(C)S(=O)(=O)c1ccc(COc2cn[nH]n2)cc1.O=C=O. The zero-order valence-corrected chi connectivity index (χ0v) is 12.7. The number of hydrogen-bond donors (Lipinski definition) is 1. The Hall–Kier alpha value is -2.55. The van der Waals surface area contributed by atoms with E-state index in [9.17, 15) is 8.42 Å². The van der Waals surface area contributed by atoms with E-state index in [1.165, 1.54) is 24.6 Å². The first kappa shape index (κ1) is 17.5. The molecule has 22 heavy (non-hydrogen) atoms. The summed E-state index contributed by atoms with van der Waals surface area (Å²) in [5.74, 6) is 0.394. The predicted octanol–water partition coefficient (Wildman–Crippen LogP) is 0.0505. The molecule has 10 heteroatoms. The van der Waals surface area contributed by atoms with Crippen molar-refractivity contribution < 1.29 is 22.7 Å². The smallest absolute Gasteiger partial charge is 0.373 e. The lowest BCUT2D eigenvalue weighted by molar-refractivity contribution is -0.191. The van der Waals surface area contributed by atoms with Crippen molar-refractivity contribution in [3.8, 4) is 5.88 Å². The highest BCUT2D eigenvalue weighted by Crippen LogP contribution is 2.15. The Balaban J connectivity index is 0.000000745. The van der Waals surface area contributed by atoms with Crippen molar-refractivity contribution in [2.75, 3.05) is 14.1 Å². The number of rotatable bonds is 5. The zero-order chi connectivity index (χ0) is 16.6. The van der Waals surface area contributed by atoms with Gasteiger partial charge in [-0.05, 0) is 17.7 Å². The molecule has 0 fully saturated rings. The third kappa shape index (κ3) is 4.77. The molecule has 0 atom stereocenters. The summed E-state index contributed by atoms with van der Waals surface area (Å²) >= 11 is 0. The first-order valence-electron chi connectivity index (χ1n) is 5.91. The average Bonchev–Trinajstić information content (AvgIpc) is 2.99. The number of benzene rings is 1. The van der Waals surface area contributed by atoms with E-state index >= 15 is 0 Å². The van der Waals surface area contributed by atoms with Crippen LogP contribution in [-0.2, 0) is 26.2 Å². The summed E-state index contributed by atoms with van der Waals surface area (Å²) in [5, 5.41) is 9.80. The van der Waals surface area contributed by atoms with Crippen molar-refractivity contribution in [1.29, 1.82) is 0 Å². The van der Waals surface area contributed by atoms with E-state index in [0.29, 0.717) is 12.5 Å². The normalized spacial score (nSPS) is 10.5. The fraction of sp³-hybridized carbons (Fsp3) is 0.250. The van der Waals surface area contributed by atoms with Gasteiger partial charge in [0.2, 0.25) is 10.0 Å². The second kappa shape index (κ2) is 8.03. The molecule has 2 aromatic rings. The maximum absolute atomic E-state index is 11.9. The zero-order valence-electron chi connectivity index (χ0n) is 11.9. The number of carbonyl (C=O) groups excluding carboxylic acids is 2. The standard InChI is InChI=1S/C11H14N4O3S.CO2/c1-15(2)19(16,17)10-5-3-9(4-6-10)8-18-11-7-12-14-13-11;2-1-3/h3-7H,8H2,1-2H3,(H,12,13,14);. The number of aromatic amines is 1. The molecular weight excluding hydrogens is 312 g/mol. The summed E-state index contributed by atoms with van der Waals surface area (Å²) in [6.07, 6.45) is 1.71. The molecular formula is C12H14N4O5S. The third-order valence-electron chi connectivity index (χ3n) is 2.48. The number of hydrogen-bond acceptors (Lipinski definition) is 7. The molecule has 118 valence electrons. The fourth-order valence-corrected chi connectivity index (χ4v) is 2.29. The Bertz CT molecular complexity index is 704. The van der Waals surface area contributed by atoms with Crippen LogP contribution in [0.1, 0.15) is 5.56 Å². The fourth-order valence-electron chi connectivity index (χ4n) is 1.39. The molecule has 0 aliphatic heterocycles. The molecule has 1 heterocycles. The van der Waals surface area contributed by atoms with Gasteiger partial charge in [0.1, 0.15) is 12.8 Å². The summed E-state index contributed by atoms with van der Waals surface area (Å²) in [5.41, 5.74) is 0.848. The highest BCUT2D eigenvalue weighted by molar-refractivity contribution is 7.89. The van der Waals surface area contributed by atoms with Crippen LogP contribution < -0.4 is 4.74 Å². The topological polar surface area (TPSA) is 122 Å². The first-order chi connectivity index (χ1) is 10.4. The number of H-pyrrole nitrogens is 1. The van der Waals surface area contributed by atoms with Gasteiger partial charge in [-0.2, -0.15) is 19.9 Å². The lowest BCUT2D eigenvalue weighted by Crippen LogP contribution is -2.22. The monoisotopic (exact) mass is 326 g/mol. The van der Waals surface area contributed by atoms with Gasteiger partial charge in [-0.25, -0.2) is 12.7 Å². The number of nitrogens with zero attached hydrogens (tertiary/aromatic N) is 3. The lowest BCUT2D eigenvalue weighted by Gasteiger charge is -2.11. The van der Waals surface area contributed by atoms with Gasteiger partial charge in [0.15, 0.2) is 0 Å². The van der Waals surface area contributed by atoms with Crippen molar-refractivity contribution in [3.05, 3.63) is 36.0 Å². The van der Waals surface area contributed by atoms with Gasteiger partial charge in [-0.15, -0.1) is 5.10 Å². The number of sulfonamides is 1. The van der Waals surface area contributed by atoms with Crippen LogP contribution in [0.4, 0.5) is 0 Å². The van der Waals surface area contributed by atoms with E-state index < -0.39 is 10.0 Å². The maximum atomic E-state index is 11.9. The van der Waals surface area contributed by atoms with Crippen LogP contribution in [0.15, 0.2) is 35.4 Å². The minimum atomic E-state index is -3.39. The Kier molecular flexibility index (Phi) is 6.39. The molecule has 0 aliphatic rings. The molecule has 2 rings (SSSR count). The number of aromatic nitrogens is 3. The summed E-state index contributed by atoms with van der Waals surface area (Å²) in [6.45, 7) is 0.300. The third-order valence-corrected chi connectivity index (χ3v) is 4.31. The van der Waals surface area contributed by atoms with Crippen molar-refractivity contribution >= 4 is 16.2 Å². The minimum absolute atomic E-state index is 0.250. The van der Waals surface area contributed by atoms with Gasteiger partial charge in [-0.1, -0.05) is 12.1 Å². The number of ether oxygens (including phenoxy) is 1. The molecule has 0 aliphatic carbocycles. The van der Waals surface area contributed by atoms with Crippen molar-refractivity contribution in [2.24, 2.45) is 0 Å². The Morgan fingerprint density at radius 1 is 1.23 bits per heavy atom. The predicted molar refractivity (Wildman–Crippen MR) is 73.0 cm³/mol. The van der Waals surface area contributed by atoms with Gasteiger partial charge in [0.05, 0.1) is 4.90 Å². The average molecular weight is 326 g/mol. The molecule has 0 saturated carbocycles. The molecule has 9 nitrogen and oxygen atoms in total. The molecule has 0 spiro atoms. The second-order valence-corrected chi connectivity index (χ2v) is 6.26. The molecule has 0 amide bonds. The quantitative estimate of drug-likeness (QED) is 0.823. The summed E-state index contributed by atoms with van der Waals surface area (Å²) in [6, 6.07) is 6.51. The lowest BCUT2D eigenvalue weighted by atomic mass is 10.2. The van der Waals surface area contributed by atoms with E-state index in [-0.39, 0.29) is 11.0 Å². The minimum Gasteiger partial charge on any atom is -0.471 e. The van der Waals surface area contributed by atoms with Crippen LogP contribution in [-0.4, -0.2) is 48.4 Å². The molecule has 1 aromatic heterocycles. The first-order valence-corrected chi connectivity index (χ1v) is 7.35. The Morgan fingerprint density at radius 3 is 2.27 bits per heavy atom. The number of nitrogens with one attached hydrogen (secondary N) is 1. The van der Waals surface area contributed by atoms with E-state index in [1.807, 2.05) is 0 Å². The van der Waals surface area contributed by atoms with Crippen LogP contribution in [0.5, 0.6) is 5.88 Å². The van der Waals surface area contributed by atoms with E-state index in [4.69, 9.17) is 14.3 Å².